The lowest BCUT2D eigenvalue weighted by Gasteiger charge is -2.11. The van der Waals surface area contributed by atoms with E-state index in [-0.39, 0.29) is 0 Å². The topological polar surface area (TPSA) is 46.5 Å². The lowest BCUT2D eigenvalue weighted by Crippen LogP contribution is -2.22. The normalized spacial score (nSPS) is 15.8. The van der Waals surface area contributed by atoms with Crippen LogP contribution >= 0.6 is 0 Å². The number of carboxylic acid groups (broad SMARTS) is 1. The van der Waals surface area contributed by atoms with Crippen molar-refractivity contribution in [2.45, 2.75) is 32.3 Å². The number of fused-ring (bicyclic) bond motifs is 1. The molecule has 1 aliphatic rings. The summed E-state index contributed by atoms with van der Waals surface area (Å²) >= 11 is 0. The molecule has 3 nitrogen and oxygen atoms in total. The number of carbonyl (C=O) groups is 1. The molecule has 0 amide bonds. The number of aryl methyl sites for hydroxylation is 2. The van der Waals surface area contributed by atoms with Gasteiger partial charge in [-0.15, -0.1) is 0 Å². The van der Waals surface area contributed by atoms with E-state index in [1.807, 2.05) is 18.2 Å². The molecule has 0 aromatic heterocycles. The summed E-state index contributed by atoms with van der Waals surface area (Å²) in [5, 5.41) is 8.71. The fourth-order valence-electron chi connectivity index (χ4n) is 1.88. The van der Waals surface area contributed by atoms with Crippen LogP contribution in [0.15, 0.2) is 18.2 Å². The molecule has 1 atom stereocenters. The van der Waals surface area contributed by atoms with Crippen LogP contribution in [-0.4, -0.2) is 17.2 Å². The largest absolute Gasteiger partial charge is 0.479 e. The van der Waals surface area contributed by atoms with Crippen molar-refractivity contribution in [2.24, 2.45) is 0 Å². The fraction of sp³-hybridized carbons (Fsp3) is 0.417. The molecule has 0 aliphatic heterocycles. The first-order valence-corrected chi connectivity index (χ1v) is 5.18. The zero-order chi connectivity index (χ0) is 10.8. The van der Waals surface area contributed by atoms with Gasteiger partial charge in [-0.2, -0.15) is 0 Å². The molecule has 0 bridgehead atoms. The Balaban J connectivity index is 2.13. The molecule has 0 saturated heterocycles. The highest BCUT2D eigenvalue weighted by molar-refractivity contribution is 5.72. The van der Waals surface area contributed by atoms with Crippen LogP contribution in [0, 0.1) is 0 Å². The van der Waals surface area contributed by atoms with E-state index < -0.39 is 12.1 Å². The van der Waals surface area contributed by atoms with Crippen molar-refractivity contribution in [1.29, 1.82) is 0 Å². The first-order valence-electron chi connectivity index (χ1n) is 5.18. The monoisotopic (exact) mass is 206 g/mol. The van der Waals surface area contributed by atoms with Crippen LogP contribution in [0.2, 0.25) is 0 Å². The van der Waals surface area contributed by atoms with E-state index in [2.05, 4.69) is 0 Å². The predicted molar refractivity (Wildman–Crippen MR) is 56.2 cm³/mol. The molecule has 0 spiro atoms. The summed E-state index contributed by atoms with van der Waals surface area (Å²) in [5.74, 6) is -0.277. The quantitative estimate of drug-likeness (QED) is 0.823. The van der Waals surface area contributed by atoms with Gasteiger partial charge >= 0.3 is 5.97 Å². The molecule has 0 unspecified atom stereocenters. The van der Waals surface area contributed by atoms with E-state index in [1.165, 1.54) is 24.5 Å². The van der Waals surface area contributed by atoms with Crippen LogP contribution in [-0.2, 0) is 17.6 Å². The highest BCUT2D eigenvalue weighted by atomic mass is 16.5. The third-order valence-corrected chi connectivity index (χ3v) is 2.73. The molecule has 0 saturated carbocycles. The second-order valence-corrected chi connectivity index (χ2v) is 3.88. The number of benzene rings is 1. The van der Waals surface area contributed by atoms with Gasteiger partial charge in [-0.05, 0) is 49.4 Å². The smallest absolute Gasteiger partial charge is 0.344 e. The Morgan fingerprint density at radius 2 is 2.13 bits per heavy atom. The summed E-state index contributed by atoms with van der Waals surface area (Å²) in [4.78, 5) is 10.6. The van der Waals surface area contributed by atoms with Gasteiger partial charge in [0.2, 0.25) is 0 Å². The van der Waals surface area contributed by atoms with Gasteiger partial charge in [-0.3, -0.25) is 0 Å². The van der Waals surface area contributed by atoms with Crippen molar-refractivity contribution >= 4 is 5.97 Å². The van der Waals surface area contributed by atoms with Crippen molar-refractivity contribution in [3.63, 3.8) is 0 Å². The van der Waals surface area contributed by atoms with Crippen molar-refractivity contribution in [3.8, 4) is 5.75 Å². The average Bonchev–Trinajstić information content (AvgIpc) is 2.64. The van der Waals surface area contributed by atoms with Gasteiger partial charge < -0.3 is 9.84 Å². The highest BCUT2D eigenvalue weighted by Gasteiger charge is 2.15. The third-order valence-electron chi connectivity index (χ3n) is 2.73. The van der Waals surface area contributed by atoms with Gasteiger partial charge in [-0.1, -0.05) is 6.07 Å². The number of hydrogen-bond acceptors (Lipinski definition) is 2. The molecule has 0 fully saturated rings. The van der Waals surface area contributed by atoms with Crippen molar-refractivity contribution in [1.82, 2.24) is 0 Å². The van der Waals surface area contributed by atoms with Gasteiger partial charge in [0, 0.05) is 0 Å². The molecule has 1 aromatic rings. The Bertz CT molecular complexity index is 384. The molecule has 0 radical (unpaired) electrons. The number of aliphatic carboxylic acids is 1. The first-order chi connectivity index (χ1) is 7.16. The number of hydrogen-bond donors (Lipinski definition) is 1. The molecular formula is C12H14O3. The fourth-order valence-corrected chi connectivity index (χ4v) is 1.88. The summed E-state index contributed by atoms with van der Waals surface area (Å²) in [6.45, 7) is 1.54. The van der Waals surface area contributed by atoms with Crippen LogP contribution in [0.25, 0.3) is 0 Å². The molecule has 1 N–H and O–H groups in total. The molecule has 80 valence electrons. The molecule has 0 heterocycles. The van der Waals surface area contributed by atoms with Crippen molar-refractivity contribution in [2.75, 3.05) is 0 Å². The van der Waals surface area contributed by atoms with E-state index in [9.17, 15) is 4.79 Å². The highest BCUT2D eigenvalue weighted by Crippen LogP contribution is 2.26. The number of ether oxygens (including phenoxy) is 1. The summed E-state index contributed by atoms with van der Waals surface area (Å²) in [7, 11) is 0. The SMILES string of the molecule is C[C@H](Oc1ccc2c(c1)CCC2)C(=O)O. The standard InChI is InChI=1S/C12H14O3/c1-8(12(13)14)15-11-6-5-9-3-2-4-10(9)7-11/h5-8H,2-4H2,1H3,(H,13,14)/t8-/m0/s1. The van der Waals surface area contributed by atoms with Gasteiger partial charge in [0.05, 0.1) is 0 Å². The van der Waals surface area contributed by atoms with Gasteiger partial charge in [-0.25, -0.2) is 4.79 Å². The van der Waals surface area contributed by atoms with Crippen LogP contribution in [0.3, 0.4) is 0 Å². The minimum Gasteiger partial charge on any atom is -0.479 e. The third kappa shape index (κ3) is 2.12. The summed E-state index contributed by atoms with van der Waals surface area (Å²) in [6, 6.07) is 5.84. The van der Waals surface area contributed by atoms with E-state index in [0.717, 1.165) is 12.8 Å². The van der Waals surface area contributed by atoms with Gasteiger partial charge in [0.25, 0.3) is 0 Å². The Morgan fingerprint density at radius 1 is 1.40 bits per heavy atom. The van der Waals surface area contributed by atoms with E-state index in [0.29, 0.717) is 5.75 Å². The van der Waals surface area contributed by atoms with Crippen LogP contribution in [0.4, 0.5) is 0 Å². The summed E-state index contributed by atoms with van der Waals surface area (Å²) in [6.07, 6.45) is 2.61. The zero-order valence-electron chi connectivity index (χ0n) is 8.69. The average molecular weight is 206 g/mol. The maximum atomic E-state index is 10.6. The van der Waals surface area contributed by atoms with E-state index in [1.54, 1.807) is 0 Å². The Labute approximate surface area is 88.7 Å². The minimum absolute atomic E-state index is 0.658. The first kappa shape index (κ1) is 10.0. The van der Waals surface area contributed by atoms with Gasteiger partial charge in [0.15, 0.2) is 6.10 Å². The summed E-state index contributed by atoms with van der Waals surface area (Å²) < 4.78 is 5.30. The molecule has 1 aliphatic carbocycles. The zero-order valence-corrected chi connectivity index (χ0v) is 8.69. The minimum atomic E-state index is -0.935. The Kier molecular flexibility index (Phi) is 2.62. The molecule has 1 aromatic carbocycles. The maximum absolute atomic E-state index is 10.6. The Hall–Kier alpha value is -1.51. The predicted octanol–water partition coefficient (Wildman–Crippen LogP) is 2.03. The van der Waals surface area contributed by atoms with E-state index >= 15 is 0 Å². The second-order valence-electron chi connectivity index (χ2n) is 3.88. The van der Waals surface area contributed by atoms with Crippen molar-refractivity contribution in [3.05, 3.63) is 29.3 Å². The van der Waals surface area contributed by atoms with Crippen LogP contribution in [0.5, 0.6) is 5.75 Å². The number of rotatable bonds is 3. The van der Waals surface area contributed by atoms with Crippen molar-refractivity contribution < 1.29 is 14.6 Å². The lowest BCUT2D eigenvalue weighted by molar-refractivity contribution is -0.144. The van der Waals surface area contributed by atoms with Gasteiger partial charge in [0.1, 0.15) is 5.75 Å². The summed E-state index contributed by atoms with van der Waals surface area (Å²) in [5.41, 5.74) is 2.66. The molecule has 2 rings (SSSR count). The lowest BCUT2D eigenvalue weighted by atomic mass is 10.1. The molecule has 3 heteroatoms. The van der Waals surface area contributed by atoms with E-state index in [4.69, 9.17) is 9.84 Å². The van der Waals surface area contributed by atoms with Crippen LogP contribution < -0.4 is 4.74 Å². The molecule has 15 heavy (non-hydrogen) atoms. The second kappa shape index (κ2) is 3.93. The molecular weight excluding hydrogens is 192 g/mol. The Morgan fingerprint density at radius 3 is 2.87 bits per heavy atom. The maximum Gasteiger partial charge on any atom is 0.344 e. The van der Waals surface area contributed by atoms with Crippen LogP contribution in [0.1, 0.15) is 24.5 Å². The number of carboxylic acids is 1.